The van der Waals surface area contributed by atoms with Crippen LogP contribution < -0.4 is 5.32 Å². The Morgan fingerprint density at radius 2 is 1.82 bits per heavy atom. The Morgan fingerprint density at radius 3 is 2.50 bits per heavy atom. The number of nitrogens with one attached hydrogen (secondary N) is 1. The second kappa shape index (κ2) is 5.49. The smallest absolute Gasteiger partial charge is 0.366 e. The van der Waals surface area contributed by atoms with Gasteiger partial charge < -0.3 is 5.32 Å². The van der Waals surface area contributed by atoms with Crippen LogP contribution in [0.4, 0.5) is 18.9 Å². The summed E-state index contributed by atoms with van der Waals surface area (Å²) < 4.78 is 39.0. The lowest BCUT2D eigenvalue weighted by Crippen LogP contribution is -2.10. The van der Waals surface area contributed by atoms with Gasteiger partial charge in [-0.1, -0.05) is 16.8 Å². The third-order valence-electron chi connectivity index (χ3n) is 3.12. The Kier molecular flexibility index (Phi) is 3.66. The molecule has 114 valence electrons. The minimum absolute atomic E-state index is 0.281. The number of halogens is 4. The molecule has 0 saturated heterocycles. The van der Waals surface area contributed by atoms with E-state index in [0.717, 1.165) is 17.6 Å². The van der Waals surface area contributed by atoms with Crippen LogP contribution in [-0.4, -0.2) is 15.0 Å². The fourth-order valence-corrected chi connectivity index (χ4v) is 2.17. The van der Waals surface area contributed by atoms with E-state index in [9.17, 15) is 13.2 Å². The molecule has 3 rings (SSSR count). The third-order valence-corrected chi connectivity index (χ3v) is 3.36. The van der Waals surface area contributed by atoms with Gasteiger partial charge in [-0.3, -0.25) is 0 Å². The summed E-state index contributed by atoms with van der Waals surface area (Å²) in [7, 11) is 0. The number of hydrogen-bond acceptors (Lipinski definition) is 3. The number of benzene rings is 2. The molecular formula is C14H10ClF3N4. The highest BCUT2D eigenvalue weighted by Gasteiger charge is 2.29. The molecule has 0 bridgehead atoms. The molecule has 4 nitrogen and oxygen atoms in total. The maximum atomic E-state index is 12.5. The molecule has 8 heteroatoms. The van der Waals surface area contributed by atoms with E-state index in [-0.39, 0.29) is 6.67 Å². The monoisotopic (exact) mass is 326 g/mol. The Morgan fingerprint density at radius 1 is 1.09 bits per heavy atom. The van der Waals surface area contributed by atoms with Crippen molar-refractivity contribution in [2.24, 2.45) is 0 Å². The fourth-order valence-electron chi connectivity index (χ4n) is 2.01. The largest absolute Gasteiger partial charge is 0.416 e. The number of aromatic nitrogens is 3. The number of alkyl halides is 3. The van der Waals surface area contributed by atoms with Crippen LogP contribution in [0.3, 0.4) is 0 Å². The van der Waals surface area contributed by atoms with Gasteiger partial charge in [-0.2, -0.15) is 13.2 Å². The molecule has 2 aromatic carbocycles. The van der Waals surface area contributed by atoms with Crippen LogP contribution in [0.2, 0.25) is 5.02 Å². The number of anilines is 1. The molecule has 0 saturated carbocycles. The molecule has 22 heavy (non-hydrogen) atoms. The first-order valence-corrected chi connectivity index (χ1v) is 6.71. The van der Waals surface area contributed by atoms with Gasteiger partial charge in [0, 0.05) is 10.7 Å². The summed E-state index contributed by atoms with van der Waals surface area (Å²) in [5, 5.41) is 11.5. The quantitative estimate of drug-likeness (QED) is 0.785. The van der Waals surface area contributed by atoms with Gasteiger partial charge in [0.25, 0.3) is 0 Å². The average Bonchev–Trinajstić information content (AvgIpc) is 2.87. The molecule has 0 atom stereocenters. The highest BCUT2D eigenvalue weighted by Crippen LogP contribution is 2.29. The lowest BCUT2D eigenvalue weighted by Gasteiger charge is -2.09. The van der Waals surface area contributed by atoms with Crippen LogP contribution in [-0.2, 0) is 12.8 Å². The lowest BCUT2D eigenvalue weighted by atomic mass is 10.2. The molecular weight excluding hydrogens is 317 g/mol. The molecule has 0 aliphatic rings. The second-order valence-corrected chi connectivity index (χ2v) is 5.07. The van der Waals surface area contributed by atoms with E-state index in [1.54, 1.807) is 22.9 Å². The van der Waals surface area contributed by atoms with E-state index < -0.39 is 11.7 Å². The van der Waals surface area contributed by atoms with Crippen molar-refractivity contribution in [2.75, 3.05) is 5.32 Å². The SMILES string of the molecule is FC(F)(F)c1ccc(NCn2nnc3cc(Cl)ccc32)cc1. The molecule has 0 unspecified atom stereocenters. The van der Waals surface area contributed by atoms with Crippen molar-refractivity contribution >= 4 is 28.3 Å². The van der Waals surface area contributed by atoms with E-state index in [0.29, 0.717) is 16.2 Å². The number of rotatable bonds is 3. The van der Waals surface area contributed by atoms with Gasteiger partial charge in [-0.15, -0.1) is 5.10 Å². The Hall–Kier alpha value is -2.28. The topological polar surface area (TPSA) is 42.7 Å². The summed E-state index contributed by atoms with van der Waals surface area (Å²) in [6.07, 6.45) is -4.33. The van der Waals surface area contributed by atoms with Crippen LogP contribution >= 0.6 is 11.6 Å². The zero-order valence-electron chi connectivity index (χ0n) is 11.1. The molecule has 1 aromatic heterocycles. The first-order chi connectivity index (χ1) is 10.4. The summed E-state index contributed by atoms with van der Waals surface area (Å²) in [4.78, 5) is 0. The van der Waals surface area contributed by atoms with Crippen molar-refractivity contribution in [1.29, 1.82) is 0 Å². The van der Waals surface area contributed by atoms with Gasteiger partial charge in [-0.25, -0.2) is 4.68 Å². The summed E-state index contributed by atoms with van der Waals surface area (Å²) in [6, 6.07) is 10.0. The average molecular weight is 327 g/mol. The van der Waals surface area contributed by atoms with Crippen molar-refractivity contribution in [3.8, 4) is 0 Å². The number of hydrogen-bond donors (Lipinski definition) is 1. The lowest BCUT2D eigenvalue weighted by molar-refractivity contribution is -0.137. The molecule has 0 aliphatic heterocycles. The van der Waals surface area contributed by atoms with Gasteiger partial charge in [-0.05, 0) is 42.5 Å². The van der Waals surface area contributed by atoms with Crippen molar-refractivity contribution in [1.82, 2.24) is 15.0 Å². The van der Waals surface area contributed by atoms with Gasteiger partial charge in [0.2, 0.25) is 0 Å². The molecule has 0 radical (unpaired) electrons. The summed E-state index contributed by atoms with van der Waals surface area (Å²) in [5.74, 6) is 0. The summed E-state index contributed by atoms with van der Waals surface area (Å²) >= 11 is 5.87. The highest BCUT2D eigenvalue weighted by molar-refractivity contribution is 6.31. The second-order valence-electron chi connectivity index (χ2n) is 4.63. The number of fused-ring (bicyclic) bond motifs is 1. The summed E-state index contributed by atoms with van der Waals surface area (Å²) in [5.41, 5.74) is 1.31. The molecule has 0 spiro atoms. The third kappa shape index (κ3) is 2.99. The van der Waals surface area contributed by atoms with E-state index >= 15 is 0 Å². The van der Waals surface area contributed by atoms with E-state index in [1.807, 2.05) is 0 Å². The number of nitrogens with zero attached hydrogens (tertiary/aromatic N) is 3. The molecule has 1 N–H and O–H groups in total. The Labute approximate surface area is 128 Å². The van der Waals surface area contributed by atoms with Crippen LogP contribution in [0.15, 0.2) is 42.5 Å². The maximum absolute atomic E-state index is 12.5. The fraction of sp³-hybridized carbons (Fsp3) is 0.143. The summed E-state index contributed by atoms with van der Waals surface area (Å²) in [6.45, 7) is 0.281. The first kappa shape index (κ1) is 14.6. The zero-order valence-corrected chi connectivity index (χ0v) is 11.9. The van der Waals surface area contributed by atoms with Gasteiger partial charge >= 0.3 is 6.18 Å². The Bertz CT molecular complexity index is 796. The molecule has 1 heterocycles. The van der Waals surface area contributed by atoms with E-state index in [1.165, 1.54) is 12.1 Å². The maximum Gasteiger partial charge on any atom is 0.416 e. The van der Waals surface area contributed by atoms with Crippen LogP contribution in [0, 0.1) is 0 Å². The van der Waals surface area contributed by atoms with Crippen molar-refractivity contribution in [2.45, 2.75) is 12.8 Å². The van der Waals surface area contributed by atoms with E-state index in [2.05, 4.69) is 15.6 Å². The molecule has 0 aliphatic carbocycles. The van der Waals surface area contributed by atoms with Gasteiger partial charge in [0.05, 0.1) is 11.1 Å². The van der Waals surface area contributed by atoms with Crippen molar-refractivity contribution < 1.29 is 13.2 Å². The minimum Gasteiger partial charge on any atom is -0.366 e. The minimum atomic E-state index is -4.33. The van der Waals surface area contributed by atoms with Crippen molar-refractivity contribution in [3.05, 3.63) is 53.1 Å². The van der Waals surface area contributed by atoms with E-state index in [4.69, 9.17) is 11.6 Å². The normalized spacial score (nSPS) is 11.8. The predicted molar refractivity (Wildman–Crippen MR) is 77.6 cm³/mol. The van der Waals surface area contributed by atoms with Gasteiger partial charge in [0.15, 0.2) is 0 Å². The zero-order chi connectivity index (χ0) is 15.7. The van der Waals surface area contributed by atoms with Crippen LogP contribution in [0.1, 0.15) is 5.56 Å². The molecule has 3 aromatic rings. The van der Waals surface area contributed by atoms with Crippen LogP contribution in [0.5, 0.6) is 0 Å². The van der Waals surface area contributed by atoms with Gasteiger partial charge in [0.1, 0.15) is 12.2 Å². The Balaban J connectivity index is 1.74. The first-order valence-electron chi connectivity index (χ1n) is 6.33. The van der Waals surface area contributed by atoms with Crippen molar-refractivity contribution in [3.63, 3.8) is 0 Å². The predicted octanol–water partition coefficient (Wildman–Crippen LogP) is 4.17. The molecule has 0 fully saturated rings. The molecule has 0 amide bonds. The standard InChI is InChI=1S/C14H10ClF3N4/c15-10-3-6-13-12(7-10)20-21-22(13)8-19-11-4-1-9(2-5-11)14(16,17)18/h1-7,19H,8H2. The van der Waals surface area contributed by atoms with Crippen LogP contribution in [0.25, 0.3) is 11.0 Å². The highest BCUT2D eigenvalue weighted by atomic mass is 35.5.